The molecule has 0 bridgehead atoms. The van der Waals surface area contributed by atoms with Gasteiger partial charge in [-0.15, -0.1) is 0 Å². The molecule has 0 radical (unpaired) electrons. The monoisotopic (exact) mass is 449 g/mol. The van der Waals surface area contributed by atoms with Crippen molar-refractivity contribution < 1.29 is 18.7 Å². The largest absolute Gasteiger partial charge is 0.465 e. The number of halogens is 3. The zero-order chi connectivity index (χ0) is 19.7. The molecule has 0 spiro atoms. The molecule has 138 valence electrons. The van der Waals surface area contributed by atoms with Gasteiger partial charge in [0, 0.05) is 10.2 Å². The summed E-state index contributed by atoms with van der Waals surface area (Å²) in [4.78, 5) is 26.7. The Morgan fingerprint density at radius 2 is 1.89 bits per heavy atom. The molecule has 1 aliphatic heterocycles. The van der Waals surface area contributed by atoms with Crippen molar-refractivity contribution in [3.8, 4) is 0 Å². The molecule has 0 saturated heterocycles. The van der Waals surface area contributed by atoms with Crippen molar-refractivity contribution >= 4 is 51.2 Å². The zero-order valence-corrected chi connectivity index (χ0v) is 16.8. The second-order valence-electron chi connectivity index (χ2n) is 5.80. The molecule has 0 unspecified atom stereocenters. The number of carbonyl (C=O) groups is 2. The van der Waals surface area contributed by atoms with Crippen molar-refractivity contribution in [2.75, 3.05) is 12.0 Å². The average molecular weight is 451 g/mol. The lowest BCUT2D eigenvalue weighted by Crippen LogP contribution is -2.24. The van der Waals surface area contributed by atoms with Crippen LogP contribution in [0.1, 0.15) is 12.5 Å². The fraction of sp³-hybridized carbons (Fsp3) is 0.100. The number of nitrogens with zero attached hydrogens (tertiary/aromatic N) is 1. The van der Waals surface area contributed by atoms with E-state index in [1.54, 1.807) is 13.0 Å². The first-order chi connectivity index (χ1) is 12.8. The van der Waals surface area contributed by atoms with E-state index in [1.807, 2.05) is 24.3 Å². The third-order valence-electron chi connectivity index (χ3n) is 4.13. The third kappa shape index (κ3) is 3.68. The highest BCUT2D eigenvalue weighted by atomic mass is 79.9. The lowest BCUT2D eigenvalue weighted by molar-refractivity contribution is -0.136. The van der Waals surface area contributed by atoms with Gasteiger partial charge in [-0.1, -0.05) is 39.7 Å². The lowest BCUT2D eigenvalue weighted by atomic mass is 10.0. The van der Waals surface area contributed by atoms with Crippen LogP contribution >= 0.6 is 27.5 Å². The molecule has 0 aromatic heterocycles. The number of hydrogen-bond acceptors (Lipinski definition) is 3. The maximum absolute atomic E-state index is 13.5. The fourth-order valence-corrected chi connectivity index (χ4v) is 3.28. The number of benzene rings is 2. The zero-order valence-electron chi connectivity index (χ0n) is 14.4. The van der Waals surface area contributed by atoms with Gasteiger partial charge in [0.15, 0.2) is 0 Å². The number of esters is 1. The Morgan fingerprint density at radius 1 is 1.22 bits per heavy atom. The van der Waals surface area contributed by atoms with Crippen LogP contribution in [0.3, 0.4) is 0 Å². The number of allylic oxidation sites excluding steroid dienone is 1. The van der Waals surface area contributed by atoms with E-state index in [0.29, 0.717) is 11.4 Å². The van der Waals surface area contributed by atoms with Crippen molar-refractivity contribution in [2.45, 2.75) is 6.92 Å². The van der Waals surface area contributed by atoms with Crippen LogP contribution in [0.4, 0.5) is 10.1 Å². The van der Waals surface area contributed by atoms with Gasteiger partial charge in [-0.05, 0) is 48.9 Å². The van der Waals surface area contributed by atoms with Crippen molar-refractivity contribution in [2.24, 2.45) is 0 Å². The Kier molecular flexibility index (Phi) is 5.48. The van der Waals surface area contributed by atoms with Crippen LogP contribution in [0.5, 0.6) is 0 Å². The Hall–Kier alpha value is -2.44. The number of ether oxygens (including phenoxy) is 1. The smallest absolute Gasteiger partial charge is 0.340 e. The standard InChI is InChI=1S/C20H14BrClFNO3/c1-11-18(20(26)27-2)15(9-12-3-5-13(21)6-4-12)19(25)24(11)14-7-8-17(23)16(22)10-14/h3-10H,1-2H3/b15-9-. The molecule has 0 atom stereocenters. The summed E-state index contributed by atoms with van der Waals surface area (Å²) < 4.78 is 19.2. The quantitative estimate of drug-likeness (QED) is 0.482. The Morgan fingerprint density at radius 3 is 2.48 bits per heavy atom. The number of methoxy groups -OCH3 is 1. The topological polar surface area (TPSA) is 46.6 Å². The third-order valence-corrected chi connectivity index (χ3v) is 4.95. The van der Waals surface area contributed by atoms with E-state index in [1.165, 1.54) is 30.2 Å². The highest BCUT2D eigenvalue weighted by Gasteiger charge is 2.38. The summed E-state index contributed by atoms with van der Waals surface area (Å²) in [7, 11) is 1.25. The molecule has 3 rings (SSSR count). The molecule has 2 aromatic rings. The average Bonchev–Trinajstić information content (AvgIpc) is 2.89. The number of anilines is 1. The molecular formula is C20H14BrClFNO3. The summed E-state index contributed by atoms with van der Waals surface area (Å²) >= 11 is 9.21. The van der Waals surface area contributed by atoms with Crippen LogP contribution < -0.4 is 4.90 Å². The Labute approximate surface area is 169 Å². The van der Waals surface area contributed by atoms with Gasteiger partial charge in [-0.3, -0.25) is 9.69 Å². The van der Waals surface area contributed by atoms with Gasteiger partial charge < -0.3 is 4.74 Å². The fourth-order valence-electron chi connectivity index (χ4n) is 2.84. The molecule has 0 fully saturated rings. The maximum atomic E-state index is 13.5. The normalized spacial score (nSPS) is 15.7. The van der Waals surface area contributed by atoms with E-state index in [-0.39, 0.29) is 16.2 Å². The van der Waals surface area contributed by atoms with Crippen LogP contribution in [-0.2, 0) is 14.3 Å². The molecule has 0 N–H and O–H groups in total. The minimum absolute atomic E-state index is 0.113. The van der Waals surface area contributed by atoms with Crippen LogP contribution in [0.2, 0.25) is 5.02 Å². The van der Waals surface area contributed by atoms with E-state index in [4.69, 9.17) is 16.3 Å². The predicted octanol–water partition coefficient (Wildman–Crippen LogP) is 5.12. The first kappa shape index (κ1) is 19.3. The summed E-state index contributed by atoms with van der Waals surface area (Å²) in [6, 6.07) is 11.2. The van der Waals surface area contributed by atoms with E-state index in [9.17, 15) is 14.0 Å². The molecule has 4 nitrogen and oxygen atoms in total. The van der Waals surface area contributed by atoms with Crippen LogP contribution in [0.25, 0.3) is 6.08 Å². The van der Waals surface area contributed by atoms with Crippen LogP contribution in [0, 0.1) is 5.82 Å². The van der Waals surface area contributed by atoms with Crippen molar-refractivity contribution in [1.29, 1.82) is 0 Å². The highest BCUT2D eigenvalue weighted by Crippen LogP contribution is 2.36. The van der Waals surface area contributed by atoms with E-state index >= 15 is 0 Å². The minimum Gasteiger partial charge on any atom is -0.465 e. The van der Waals surface area contributed by atoms with Crippen molar-refractivity contribution in [3.05, 3.63) is 80.2 Å². The Balaban J connectivity index is 2.14. The summed E-state index contributed by atoms with van der Waals surface area (Å²) in [5.41, 5.74) is 1.85. The summed E-state index contributed by atoms with van der Waals surface area (Å²) in [5.74, 6) is -1.63. The molecule has 0 aliphatic carbocycles. The SMILES string of the molecule is COC(=O)C1=C(C)N(c2ccc(F)c(Cl)c2)C(=O)/C1=C\c1ccc(Br)cc1. The molecule has 2 aromatic carbocycles. The molecule has 1 amide bonds. The van der Waals surface area contributed by atoms with Crippen molar-refractivity contribution in [1.82, 2.24) is 0 Å². The summed E-state index contributed by atoms with van der Waals surface area (Å²) in [6.07, 6.45) is 1.62. The van der Waals surface area contributed by atoms with E-state index in [2.05, 4.69) is 15.9 Å². The predicted molar refractivity (Wildman–Crippen MR) is 106 cm³/mol. The van der Waals surface area contributed by atoms with Gasteiger partial charge in [0.05, 0.1) is 29.0 Å². The molecule has 27 heavy (non-hydrogen) atoms. The second-order valence-corrected chi connectivity index (χ2v) is 7.12. The van der Waals surface area contributed by atoms with Gasteiger partial charge in [0.1, 0.15) is 5.82 Å². The maximum Gasteiger partial charge on any atom is 0.340 e. The van der Waals surface area contributed by atoms with Gasteiger partial charge in [0.25, 0.3) is 5.91 Å². The molecule has 1 heterocycles. The van der Waals surface area contributed by atoms with Crippen LogP contribution in [-0.4, -0.2) is 19.0 Å². The first-order valence-corrected chi connectivity index (χ1v) is 9.07. The highest BCUT2D eigenvalue weighted by molar-refractivity contribution is 9.10. The van der Waals surface area contributed by atoms with Gasteiger partial charge >= 0.3 is 5.97 Å². The van der Waals surface area contributed by atoms with E-state index < -0.39 is 17.7 Å². The molecule has 7 heteroatoms. The molecule has 0 saturated carbocycles. The van der Waals surface area contributed by atoms with Gasteiger partial charge in [-0.25, -0.2) is 9.18 Å². The van der Waals surface area contributed by atoms with Crippen LogP contribution in [0.15, 0.2) is 63.8 Å². The lowest BCUT2D eigenvalue weighted by Gasteiger charge is -2.18. The van der Waals surface area contributed by atoms with Crippen molar-refractivity contribution in [3.63, 3.8) is 0 Å². The van der Waals surface area contributed by atoms with E-state index in [0.717, 1.165) is 10.0 Å². The summed E-state index contributed by atoms with van der Waals surface area (Å²) in [5, 5.41) is -0.113. The minimum atomic E-state index is -0.625. The second kappa shape index (κ2) is 7.66. The molecule has 1 aliphatic rings. The number of hydrogen-bond donors (Lipinski definition) is 0. The van der Waals surface area contributed by atoms with Gasteiger partial charge in [-0.2, -0.15) is 0 Å². The summed E-state index contributed by atoms with van der Waals surface area (Å²) in [6.45, 7) is 1.63. The Bertz CT molecular complexity index is 999. The number of carbonyl (C=O) groups excluding carboxylic acids is 2. The first-order valence-electron chi connectivity index (χ1n) is 7.90. The number of amides is 1. The van der Waals surface area contributed by atoms with Gasteiger partial charge in [0.2, 0.25) is 0 Å². The molecular weight excluding hydrogens is 437 g/mol. The number of rotatable bonds is 3.